The lowest BCUT2D eigenvalue weighted by molar-refractivity contribution is 0.193. The van der Waals surface area contributed by atoms with Crippen LogP contribution >= 0.6 is 0 Å². The Labute approximate surface area is 112 Å². The van der Waals surface area contributed by atoms with Crippen molar-refractivity contribution in [3.8, 4) is 5.75 Å². The van der Waals surface area contributed by atoms with Crippen LogP contribution in [0, 0.1) is 5.92 Å². The molecule has 0 saturated heterocycles. The van der Waals surface area contributed by atoms with Gasteiger partial charge in [0.25, 0.3) is 0 Å². The van der Waals surface area contributed by atoms with E-state index < -0.39 is 0 Å². The largest absolute Gasteiger partial charge is 0.491 e. The number of rotatable bonds is 7. The zero-order chi connectivity index (χ0) is 13.5. The lowest BCUT2D eigenvalue weighted by Crippen LogP contribution is -2.16. The summed E-state index contributed by atoms with van der Waals surface area (Å²) in [5.74, 6) is 1.64. The Hall–Kier alpha value is -1.02. The number of ether oxygens (including phenoxy) is 1. The first-order chi connectivity index (χ1) is 8.56. The monoisotopic (exact) mass is 249 g/mol. The van der Waals surface area contributed by atoms with Gasteiger partial charge in [-0.3, -0.25) is 0 Å². The molecule has 1 rings (SSSR count). The van der Waals surface area contributed by atoms with E-state index >= 15 is 0 Å². The Balaban J connectivity index is 2.60. The van der Waals surface area contributed by atoms with Gasteiger partial charge in [-0.1, -0.05) is 32.9 Å². The van der Waals surface area contributed by atoms with Crippen LogP contribution in [0.5, 0.6) is 5.75 Å². The van der Waals surface area contributed by atoms with Crippen molar-refractivity contribution < 1.29 is 4.74 Å². The number of benzene rings is 1. The van der Waals surface area contributed by atoms with Gasteiger partial charge in [0.05, 0.1) is 6.10 Å². The molecule has 2 heteroatoms. The standard InChI is InChI=1S/C16H27NO/c1-6-16(17-5)14-7-9-15(10-8-14)18-13(4)11-12(2)3/h7-10,12-13,16-17H,6,11H2,1-5H3. The molecule has 0 aliphatic heterocycles. The maximum absolute atomic E-state index is 5.91. The molecular weight excluding hydrogens is 222 g/mol. The summed E-state index contributed by atoms with van der Waals surface area (Å²) in [6, 6.07) is 8.90. The molecule has 0 heterocycles. The van der Waals surface area contributed by atoms with Crippen molar-refractivity contribution in [2.45, 2.75) is 52.7 Å². The maximum Gasteiger partial charge on any atom is 0.119 e. The van der Waals surface area contributed by atoms with E-state index in [0.29, 0.717) is 12.0 Å². The first kappa shape index (κ1) is 15.0. The maximum atomic E-state index is 5.91. The van der Waals surface area contributed by atoms with Crippen molar-refractivity contribution in [1.29, 1.82) is 0 Å². The molecule has 1 aromatic carbocycles. The first-order valence-corrected chi connectivity index (χ1v) is 7.00. The van der Waals surface area contributed by atoms with Gasteiger partial charge in [-0.25, -0.2) is 0 Å². The average molecular weight is 249 g/mol. The van der Waals surface area contributed by atoms with Gasteiger partial charge in [-0.15, -0.1) is 0 Å². The molecule has 0 amide bonds. The summed E-state index contributed by atoms with van der Waals surface area (Å²) in [5.41, 5.74) is 1.32. The van der Waals surface area contributed by atoms with Crippen LogP contribution in [0.2, 0.25) is 0 Å². The van der Waals surface area contributed by atoms with E-state index in [4.69, 9.17) is 4.74 Å². The van der Waals surface area contributed by atoms with Crippen LogP contribution < -0.4 is 10.1 Å². The second-order valence-electron chi connectivity index (χ2n) is 5.38. The van der Waals surface area contributed by atoms with Gasteiger partial charge in [0.15, 0.2) is 0 Å². The second kappa shape index (κ2) is 7.42. The molecule has 0 saturated carbocycles. The van der Waals surface area contributed by atoms with Gasteiger partial charge in [0.2, 0.25) is 0 Å². The van der Waals surface area contributed by atoms with Crippen molar-refractivity contribution in [1.82, 2.24) is 5.32 Å². The molecule has 1 aromatic rings. The van der Waals surface area contributed by atoms with Gasteiger partial charge < -0.3 is 10.1 Å². The molecule has 2 unspecified atom stereocenters. The van der Waals surface area contributed by atoms with Crippen LogP contribution in [0.4, 0.5) is 0 Å². The predicted octanol–water partition coefficient (Wildman–Crippen LogP) is 4.17. The zero-order valence-corrected chi connectivity index (χ0v) is 12.4. The Morgan fingerprint density at radius 3 is 2.17 bits per heavy atom. The summed E-state index contributed by atoms with van der Waals surface area (Å²) in [6.45, 7) is 8.77. The van der Waals surface area contributed by atoms with Gasteiger partial charge in [0, 0.05) is 6.04 Å². The van der Waals surface area contributed by atoms with Crippen molar-refractivity contribution in [2.75, 3.05) is 7.05 Å². The third kappa shape index (κ3) is 4.69. The molecule has 0 aliphatic carbocycles. The summed E-state index contributed by atoms with van der Waals surface area (Å²) in [7, 11) is 2.00. The van der Waals surface area contributed by atoms with Gasteiger partial charge >= 0.3 is 0 Å². The van der Waals surface area contributed by atoms with Gasteiger partial charge in [0.1, 0.15) is 5.75 Å². The lowest BCUT2D eigenvalue weighted by Gasteiger charge is -2.18. The van der Waals surface area contributed by atoms with Crippen LogP contribution in [-0.2, 0) is 0 Å². The summed E-state index contributed by atoms with van der Waals surface area (Å²) < 4.78 is 5.91. The quantitative estimate of drug-likeness (QED) is 0.783. The molecule has 2 nitrogen and oxygen atoms in total. The smallest absolute Gasteiger partial charge is 0.119 e. The molecule has 0 aromatic heterocycles. The minimum absolute atomic E-state index is 0.280. The molecule has 0 spiro atoms. The molecular formula is C16H27NO. The highest BCUT2D eigenvalue weighted by atomic mass is 16.5. The summed E-state index contributed by atoms with van der Waals surface area (Å²) >= 11 is 0. The van der Waals surface area contributed by atoms with Crippen molar-refractivity contribution in [2.24, 2.45) is 5.92 Å². The van der Waals surface area contributed by atoms with Crippen LogP contribution in [0.15, 0.2) is 24.3 Å². The Morgan fingerprint density at radius 2 is 1.72 bits per heavy atom. The van der Waals surface area contributed by atoms with Gasteiger partial charge in [-0.2, -0.15) is 0 Å². The molecule has 1 N–H and O–H groups in total. The van der Waals surface area contributed by atoms with Crippen LogP contribution in [-0.4, -0.2) is 13.2 Å². The fourth-order valence-corrected chi connectivity index (χ4v) is 2.33. The van der Waals surface area contributed by atoms with E-state index in [9.17, 15) is 0 Å². The molecule has 0 radical (unpaired) electrons. The Morgan fingerprint density at radius 1 is 1.11 bits per heavy atom. The second-order valence-corrected chi connectivity index (χ2v) is 5.38. The normalized spacial score (nSPS) is 14.6. The van der Waals surface area contributed by atoms with E-state index in [-0.39, 0.29) is 6.10 Å². The van der Waals surface area contributed by atoms with E-state index in [1.807, 2.05) is 7.05 Å². The number of hydrogen-bond donors (Lipinski definition) is 1. The van der Waals surface area contributed by atoms with E-state index in [0.717, 1.165) is 18.6 Å². The van der Waals surface area contributed by atoms with E-state index in [1.54, 1.807) is 0 Å². The molecule has 18 heavy (non-hydrogen) atoms. The summed E-state index contributed by atoms with van der Waals surface area (Å²) in [4.78, 5) is 0. The Kier molecular flexibility index (Phi) is 6.20. The number of hydrogen-bond acceptors (Lipinski definition) is 2. The van der Waals surface area contributed by atoms with E-state index in [1.165, 1.54) is 5.56 Å². The third-order valence-corrected chi connectivity index (χ3v) is 3.18. The van der Waals surface area contributed by atoms with E-state index in [2.05, 4.69) is 57.3 Å². The topological polar surface area (TPSA) is 21.3 Å². The van der Waals surface area contributed by atoms with Crippen LogP contribution in [0.3, 0.4) is 0 Å². The highest BCUT2D eigenvalue weighted by Gasteiger charge is 2.09. The third-order valence-electron chi connectivity index (χ3n) is 3.18. The lowest BCUT2D eigenvalue weighted by atomic mass is 10.0. The first-order valence-electron chi connectivity index (χ1n) is 7.00. The minimum atomic E-state index is 0.280. The van der Waals surface area contributed by atoms with Crippen molar-refractivity contribution in [3.05, 3.63) is 29.8 Å². The number of nitrogens with one attached hydrogen (secondary N) is 1. The molecule has 0 bridgehead atoms. The Bertz CT molecular complexity index is 327. The summed E-state index contributed by atoms with van der Waals surface area (Å²) in [6.07, 6.45) is 2.47. The zero-order valence-electron chi connectivity index (χ0n) is 12.4. The van der Waals surface area contributed by atoms with Gasteiger partial charge in [-0.05, 0) is 50.4 Å². The fourth-order valence-electron chi connectivity index (χ4n) is 2.33. The molecule has 0 fully saturated rings. The SMILES string of the molecule is CCC(NC)c1ccc(OC(C)CC(C)C)cc1. The summed E-state index contributed by atoms with van der Waals surface area (Å²) in [5, 5.41) is 3.31. The van der Waals surface area contributed by atoms with Crippen molar-refractivity contribution >= 4 is 0 Å². The van der Waals surface area contributed by atoms with Crippen LogP contribution in [0.25, 0.3) is 0 Å². The van der Waals surface area contributed by atoms with Crippen LogP contribution in [0.1, 0.15) is 52.1 Å². The predicted molar refractivity (Wildman–Crippen MR) is 78.1 cm³/mol. The fraction of sp³-hybridized carbons (Fsp3) is 0.625. The highest BCUT2D eigenvalue weighted by molar-refractivity contribution is 5.29. The average Bonchev–Trinajstić information content (AvgIpc) is 2.31. The van der Waals surface area contributed by atoms with Crippen molar-refractivity contribution in [3.63, 3.8) is 0 Å². The highest BCUT2D eigenvalue weighted by Crippen LogP contribution is 2.21. The molecule has 102 valence electrons. The minimum Gasteiger partial charge on any atom is -0.491 e. The molecule has 2 atom stereocenters. The molecule has 0 aliphatic rings.